The molecule has 0 bridgehead atoms. The van der Waals surface area contributed by atoms with E-state index in [4.69, 9.17) is 10.2 Å². The van der Waals surface area contributed by atoms with Crippen LogP contribution < -0.4 is 0 Å². The van der Waals surface area contributed by atoms with Crippen LogP contribution in [0.15, 0.2) is 6.07 Å². The Hall–Kier alpha value is -0.870. The van der Waals surface area contributed by atoms with Crippen LogP contribution in [0.3, 0.4) is 0 Å². The van der Waals surface area contributed by atoms with E-state index in [9.17, 15) is 0 Å². The number of nitrogens with zero attached hydrogens (tertiary/aromatic N) is 1. The standard InChI is InChI=1S/C7H12N2O2/c1-4-3-6(9-8-4)5(2)7(10)11/h3,5,7,10-11H,1-2H3,(H,8,9). The van der Waals surface area contributed by atoms with Gasteiger partial charge in [-0.3, -0.25) is 5.10 Å². The highest BCUT2D eigenvalue weighted by atomic mass is 16.5. The number of aromatic nitrogens is 2. The van der Waals surface area contributed by atoms with Crippen molar-refractivity contribution >= 4 is 0 Å². The number of aromatic amines is 1. The van der Waals surface area contributed by atoms with Crippen molar-refractivity contribution in [1.29, 1.82) is 0 Å². The third-order valence-electron chi connectivity index (χ3n) is 1.64. The van der Waals surface area contributed by atoms with E-state index in [-0.39, 0.29) is 5.92 Å². The molecule has 0 amide bonds. The molecule has 1 unspecified atom stereocenters. The predicted molar refractivity (Wildman–Crippen MR) is 40.0 cm³/mol. The van der Waals surface area contributed by atoms with Crippen LogP contribution in [0.2, 0.25) is 0 Å². The molecule has 4 heteroatoms. The van der Waals surface area contributed by atoms with Crippen molar-refractivity contribution in [3.63, 3.8) is 0 Å². The van der Waals surface area contributed by atoms with Gasteiger partial charge in [-0.25, -0.2) is 0 Å². The van der Waals surface area contributed by atoms with E-state index in [0.29, 0.717) is 5.69 Å². The minimum atomic E-state index is -1.34. The third kappa shape index (κ3) is 1.78. The lowest BCUT2D eigenvalue weighted by atomic mass is 10.1. The second kappa shape index (κ2) is 3.02. The highest BCUT2D eigenvalue weighted by Gasteiger charge is 2.15. The zero-order chi connectivity index (χ0) is 8.43. The Labute approximate surface area is 64.9 Å². The highest BCUT2D eigenvalue weighted by Crippen LogP contribution is 2.15. The fraction of sp³-hybridized carbons (Fsp3) is 0.571. The average molecular weight is 156 g/mol. The van der Waals surface area contributed by atoms with Crippen LogP contribution in [0.4, 0.5) is 0 Å². The van der Waals surface area contributed by atoms with Crippen LogP contribution in [0, 0.1) is 6.92 Å². The van der Waals surface area contributed by atoms with Crippen LogP contribution >= 0.6 is 0 Å². The summed E-state index contributed by atoms with van der Waals surface area (Å²) in [7, 11) is 0. The van der Waals surface area contributed by atoms with Gasteiger partial charge in [0.25, 0.3) is 0 Å². The first kappa shape index (κ1) is 8.23. The summed E-state index contributed by atoms with van der Waals surface area (Å²) in [5, 5.41) is 24.2. The van der Waals surface area contributed by atoms with Gasteiger partial charge in [0.15, 0.2) is 6.29 Å². The Morgan fingerprint density at radius 2 is 2.18 bits per heavy atom. The molecular weight excluding hydrogens is 144 g/mol. The van der Waals surface area contributed by atoms with Crippen molar-refractivity contribution in [2.75, 3.05) is 0 Å². The lowest BCUT2D eigenvalue weighted by molar-refractivity contribution is -0.0569. The smallest absolute Gasteiger partial charge is 0.159 e. The minimum Gasteiger partial charge on any atom is -0.368 e. The van der Waals surface area contributed by atoms with Gasteiger partial charge < -0.3 is 10.2 Å². The minimum absolute atomic E-state index is 0.333. The number of aliphatic hydroxyl groups excluding tert-OH is 1. The monoisotopic (exact) mass is 156 g/mol. The molecule has 3 N–H and O–H groups in total. The summed E-state index contributed by atoms with van der Waals surface area (Å²) in [6.07, 6.45) is -1.34. The molecule has 0 saturated carbocycles. The van der Waals surface area contributed by atoms with Crippen LogP contribution in [-0.2, 0) is 0 Å². The maximum atomic E-state index is 8.79. The largest absolute Gasteiger partial charge is 0.368 e. The maximum Gasteiger partial charge on any atom is 0.159 e. The molecule has 11 heavy (non-hydrogen) atoms. The second-order valence-corrected chi connectivity index (χ2v) is 2.68. The molecule has 0 radical (unpaired) electrons. The summed E-state index contributed by atoms with van der Waals surface area (Å²) >= 11 is 0. The van der Waals surface area contributed by atoms with Gasteiger partial charge in [-0.2, -0.15) is 5.10 Å². The fourth-order valence-electron chi connectivity index (χ4n) is 0.825. The summed E-state index contributed by atoms with van der Waals surface area (Å²) in [5.74, 6) is -0.333. The summed E-state index contributed by atoms with van der Waals surface area (Å²) in [6.45, 7) is 3.58. The van der Waals surface area contributed by atoms with Crippen molar-refractivity contribution in [2.24, 2.45) is 0 Å². The van der Waals surface area contributed by atoms with Crippen LogP contribution in [0.5, 0.6) is 0 Å². The third-order valence-corrected chi connectivity index (χ3v) is 1.64. The second-order valence-electron chi connectivity index (χ2n) is 2.68. The zero-order valence-corrected chi connectivity index (χ0v) is 6.57. The molecule has 1 aromatic heterocycles. The number of hydrogen-bond donors (Lipinski definition) is 3. The summed E-state index contributed by atoms with van der Waals surface area (Å²) in [5.41, 5.74) is 1.60. The molecule has 4 nitrogen and oxygen atoms in total. The van der Waals surface area contributed by atoms with Crippen molar-refractivity contribution in [1.82, 2.24) is 10.2 Å². The average Bonchev–Trinajstić information content (AvgIpc) is 2.34. The van der Waals surface area contributed by atoms with E-state index in [1.165, 1.54) is 0 Å². The number of aliphatic hydroxyl groups is 2. The van der Waals surface area contributed by atoms with Gasteiger partial charge in [-0.15, -0.1) is 0 Å². The molecule has 0 aromatic carbocycles. The van der Waals surface area contributed by atoms with E-state index in [1.807, 2.05) is 6.92 Å². The van der Waals surface area contributed by atoms with Crippen molar-refractivity contribution < 1.29 is 10.2 Å². The molecule has 62 valence electrons. The van der Waals surface area contributed by atoms with Gasteiger partial charge in [0, 0.05) is 5.69 Å². The Bertz CT molecular complexity index is 232. The molecule has 0 aliphatic rings. The van der Waals surface area contributed by atoms with E-state index < -0.39 is 6.29 Å². The van der Waals surface area contributed by atoms with Crippen LogP contribution in [-0.4, -0.2) is 26.7 Å². The Balaban J connectivity index is 2.76. The lowest BCUT2D eigenvalue weighted by Gasteiger charge is -2.09. The van der Waals surface area contributed by atoms with E-state index in [1.54, 1.807) is 13.0 Å². The molecule has 1 atom stereocenters. The first-order valence-corrected chi connectivity index (χ1v) is 3.49. The Kier molecular flexibility index (Phi) is 2.26. The van der Waals surface area contributed by atoms with Gasteiger partial charge in [0.05, 0.1) is 11.6 Å². The quantitative estimate of drug-likeness (QED) is 0.533. The molecule has 0 saturated heterocycles. The molecule has 0 fully saturated rings. The lowest BCUT2D eigenvalue weighted by Crippen LogP contribution is -2.14. The predicted octanol–water partition coefficient (Wildman–Crippen LogP) is 0.132. The molecule has 1 aromatic rings. The van der Waals surface area contributed by atoms with Crippen molar-refractivity contribution in [3.05, 3.63) is 17.5 Å². The van der Waals surface area contributed by atoms with E-state index >= 15 is 0 Å². The van der Waals surface area contributed by atoms with E-state index in [0.717, 1.165) is 5.69 Å². The Morgan fingerprint density at radius 3 is 2.55 bits per heavy atom. The molecular formula is C7H12N2O2. The molecule has 0 aliphatic carbocycles. The SMILES string of the molecule is Cc1cc(C(C)C(O)O)n[nH]1. The Morgan fingerprint density at radius 1 is 1.55 bits per heavy atom. The van der Waals surface area contributed by atoms with Gasteiger partial charge in [-0.1, -0.05) is 6.92 Å². The normalized spacial score (nSPS) is 13.9. The zero-order valence-electron chi connectivity index (χ0n) is 6.57. The topological polar surface area (TPSA) is 69.1 Å². The first-order valence-electron chi connectivity index (χ1n) is 3.49. The van der Waals surface area contributed by atoms with Gasteiger partial charge in [0.1, 0.15) is 0 Å². The van der Waals surface area contributed by atoms with Crippen LogP contribution in [0.25, 0.3) is 0 Å². The van der Waals surface area contributed by atoms with Gasteiger partial charge in [-0.05, 0) is 13.0 Å². The van der Waals surface area contributed by atoms with Gasteiger partial charge >= 0.3 is 0 Å². The first-order chi connectivity index (χ1) is 5.11. The van der Waals surface area contributed by atoms with Crippen LogP contribution in [0.1, 0.15) is 24.2 Å². The summed E-state index contributed by atoms with van der Waals surface area (Å²) < 4.78 is 0. The number of nitrogens with one attached hydrogen (secondary N) is 1. The molecule has 1 heterocycles. The maximum absolute atomic E-state index is 8.79. The number of hydrogen-bond acceptors (Lipinski definition) is 3. The molecule has 0 aliphatic heterocycles. The van der Waals surface area contributed by atoms with Gasteiger partial charge in [0.2, 0.25) is 0 Å². The highest BCUT2D eigenvalue weighted by molar-refractivity contribution is 5.11. The number of H-pyrrole nitrogens is 1. The van der Waals surface area contributed by atoms with Crippen molar-refractivity contribution in [3.8, 4) is 0 Å². The summed E-state index contributed by atoms with van der Waals surface area (Å²) in [6, 6.07) is 1.80. The number of aryl methyl sites for hydroxylation is 1. The van der Waals surface area contributed by atoms with Crippen molar-refractivity contribution in [2.45, 2.75) is 26.1 Å². The molecule has 0 spiro atoms. The fourth-order valence-corrected chi connectivity index (χ4v) is 0.825. The molecule has 1 rings (SSSR count). The summed E-state index contributed by atoms with van der Waals surface area (Å²) in [4.78, 5) is 0. The van der Waals surface area contributed by atoms with E-state index in [2.05, 4.69) is 10.2 Å². The number of rotatable bonds is 2.